The molecule has 1 atom stereocenters. The van der Waals surface area contributed by atoms with Crippen LogP contribution in [0.3, 0.4) is 0 Å². The van der Waals surface area contributed by atoms with E-state index >= 15 is 0 Å². The monoisotopic (exact) mass is 326 g/mol. The molecule has 0 aromatic carbocycles. The Labute approximate surface area is 105 Å². The molecule has 5 nitrogen and oxygen atoms in total. The second kappa shape index (κ2) is 7.72. The van der Waals surface area contributed by atoms with E-state index < -0.39 is 0 Å². The highest BCUT2D eigenvalue weighted by Gasteiger charge is 2.10. The molecule has 0 heterocycles. The fourth-order valence-electron chi connectivity index (χ4n) is 1.15. The van der Waals surface area contributed by atoms with Crippen LogP contribution in [0.5, 0.6) is 0 Å². The number of nitrogens with one attached hydrogen (secondary N) is 3. The lowest BCUT2D eigenvalue weighted by Gasteiger charge is -2.23. The van der Waals surface area contributed by atoms with Gasteiger partial charge in [0.05, 0.1) is 22.9 Å². The first kappa shape index (κ1) is 14.5. The molecular formula is C9H19IN4O. The van der Waals surface area contributed by atoms with Crippen molar-refractivity contribution in [2.45, 2.75) is 32.7 Å². The predicted molar refractivity (Wildman–Crippen MR) is 70.0 cm³/mol. The Bertz CT molecular complexity index is 222. The van der Waals surface area contributed by atoms with Crippen molar-refractivity contribution in [3.63, 3.8) is 0 Å². The molecule has 0 aliphatic rings. The lowest BCUT2D eigenvalue weighted by Crippen LogP contribution is -2.35. The van der Waals surface area contributed by atoms with Crippen molar-refractivity contribution in [3.8, 4) is 0 Å². The topological polar surface area (TPSA) is 68.2 Å². The highest BCUT2D eigenvalue weighted by Crippen LogP contribution is 2.03. The van der Waals surface area contributed by atoms with Gasteiger partial charge in [-0.1, -0.05) is 0 Å². The van der Waals surface area contributed by atoms with Crippen molar-refractivity contribution in [2.75, 3.05) is 13.6 Å². The van der Waals surface area contributed by atoms with Crippen molar-refractivity contribution < 1.29 is 4.79 Å². The standard InChI is InChI=1S/C9H19IN4O/c1-7(14(3)8(2)15)5-4-6-12-9(11)13-10/h7H,4-6H2,1-3H3,(H3,11,12,13)/t7-/m1/s1. The van der Waals surface area contributed by atoms with Gasteiger partial charge in [0.15, 0.2) is 5.96 Å². The van der Waals surface area contributed by atoms with Crippen molar-refractivity contribution in [1.29, 1.82) is 5.41 Å². The third-order valence-corrected chi connectivity index (χ3v) is 2.89. The van der Waals surface area contributed by atoms with Gasteiger partial charge in [-0.25, -0.2) is 0 Å². The van der Waals surface area contributed by atoms with Gasteiger partial charge in [-0.3, -0.25) is 13.7 Å². The van der Waals surface area contributed by atoms with E-state index in [-0.39, 0.29) is 11.9 Å². The Hall–Kier alpha value is -0.530. The Kier molecular flexibility index (Phi) is 7.45. The molecule has 0 saturated heterocycles. The highest BCUT2D eigenvalue weighted by molar-refractivity contribution is 14.1. The summed E-state index contributed by atoms with van der Waals surface area (Å²) in [5, 5.41) is 10.2. The summed E-state index contributed by atoms with van der Waals surface area (Å²) in [6.45, 7) is 4.36. The average Bonchev–Trinajstić information content (AvgIpc) is 2.22. The first-order chi connectivity index (χ1) is 6.99. The molecule has 0 rings (SSSR count). The van der Waals surface area contributed by atoms with Crippen molar-refractivity contribution in [3.05, 3.63) is 0 Å². The third kappa shape index (κ3) is 6.53. The number of guanidine groups is 1. The molecule has 0 saturated carbocycles. The zero-order valence-corrected chi connectivity index (χ0v) is 11.6. The molecular weight excluding hydrogens is 307 g/mol. The molecule has 0 aromatic heterocycles. The largest absolute Gasteiger partial charge is 0.356 e. The number of carbonyl (C=O) groups excluding carboxylic acids is 1. The highest BCUT2D eigenvalue weighted by atomic mass is 127. The number of halogens is 1. The minimum atomic E-state index is 0.0946. The fraction of sp³-hybridized carbons (Fsp3) is 0.778. The molecule has 0 aliphatic carbocycles. The number of nitrogens with zero attached hydrogens (tertiary/aromatic N) is 1. The number of hydrogen-bond donors (Lipinski definition) is 3. The Morgan fingerprint density at radius 1 is 1.60 bits per heavy atom. The van der Waals surface area contributed by atoms with Gasteiger partial charge in [0, 0.05) is 26.6 Å². The van der Waals surface area contributed by atoms with E-state index in [0.29, 0.717) is 5.96 Å². The van der Waals surface area contributed by atoms with Crippen LogP contribution in [0.25, 0.3) is 0 Å². The molecule has 0 bridgehead atoms. The zero-order chi connectivity index (χ0) is 11.8. The Morgan fingerprint density at radius 3 is 2.67 bits per heavy atom. The van der Waals surface area contributed by atoms with Crippen LogP contribution < -0.4 is 8.85 Å². The summed E-state index contributed by atoms with van der Waals surface area (Å²) in [6, 6.07) is 0.256. The number of rotatable bonds is 5. The second-order valence-electron chi connectivity index (χ2n) is 3.52. The summed E-state index contributed by atoms with van der Waals surface area (Å²) in [5.41, 5.74) is 0. The third-order valence-electron chi connectivity index (χ3n) is 2.35. The summed E-state index contributed by atoms with van der Waals surface area (Å²) >= 11 is 1.91. The van der Waals surface area contributed by atoms with Crippen LogP contribution in [0.15, 0.2) is 0 Å². The average molecular weight is 326 g/mol. The van der Waals surface area contributed by atoms with E-state index in [1.807, 2.05) is 36.8 Å². The van der Waals surface area contributed by atoms with E-state index in [1.165, 1.54) is 0 Å². The number of carbonyl (C=O) groups is 1. The van der Waals surface area contributed by atoms with Crippen LogP contribution >= 0.6 is 22.9 Å². The minimum Gasteiger partial charge on any atom is -0.356 e. The summed E-state index contributed by atoms with van der Waals surface area (Å²) in [4.78, 5) is 12.8. The van der Waals surface area contributed by atoms with E-state index in [2.05, 4.69) is 8.85 Å². The summed E-state index contributed by atoms with van der Waals surface area (Å²) < 4.78 is 2.67. The molecule has 6 heteroatoms. The van der Waals surface area contributed by atoms with Crippen LogP contribution in [0.4, 0.5) is 0 Å². The maximum atomic E-state index is 11.0. The van der Waals surface area contributed by atoms with Gasteiger partial charge in [-0.2, -0.15) is 0 Å². The van der Waals surface area contributed by atoms with Crippen molar-refractivity contribution >= 4 is 34.7 Å². The Balaban J connectivity index is 3.59. The minimum absolute atomic E-state index is 0.0946. The predicted octanol–water partition coefficient (Wildman–Crippen LogP) is 1.10. The maximum Gasteiger partial charge on any atom is 0.219 e. The van der Waals surface area contributed by atoms with E-state index in [1.54, 1.807) is 11.8 Å². The normalized spacial score (nSPS) is 11.7. The maximum absolute atomic E-state index is 11.0. The van der Waals surface area contributed by atoms with Gasteiger partial charge in [-0.05, 0) is 19.8 Å². The second-order valence-corrected chi connectivity index (χ2v) is 4.06. The van der Waals surface area contributed by atoms with Gasteiger partial charge >= 0.3 is 0 Å². The lowest BCUT2D eigenvalue weighted by molar-refractivity contribution is -0.129. The molecule has 15 heavy (non-hydrogen) atoms. The van der Waals surface area contributed by atoms with E-state index in [0.717, 1.165) is 19.4 Å². The quantitative estimate of drug-likeness (QED) is 0.233. The van der Waals surface area contributed by atoms with Gasteiger partial charge in [0.2, 0.25) is 5.91 Å². The molecule has 0 fully saturated rings. The van der Waals surface area contributed by atoms with Crippen LogP contribution in [0, 0.1) is 5.41 Å². The van der Waals surface area contributed by atoms with Gasteiger partial charge in [-0.15, -0.1) is 0 Å². The summed E-state index contributed by atoms with van der Waals surface area (Å²) in [6.07, 6.45) is 1.89. The SMILES string of the molecule is CC(=O)N(C)[C@H](C)CCCNC(=N)NI. The van der Waals surface area contributed by atoms with Crippen LogP contribution in [0.2, 0.25) is 0 Å². The molecule has 0 aromatic rings. The van der Waals surface area contributed by atoms with Crippen LogP contribution in [0.1, 0.15) is 26.7 Å². The number of hydrogen-bond acceptors (Lipinski definition) is 2. The van der Waals surface area contributed by atoms with Crippen molar-refractivity contribution in [1.82, 2.24) is 13.7 Å². The molecule has 0 radical (unpaired) electrons. The first-order valence-corrected chi connectivity index (χ1v) is 5.99. The number of amides is 1. The molecule has 0 aliphatic heterocycles. The van der Waals surface area contributed by atoms with Gasteiger partial charge in [0.25, 0.3) is 0 Å². The zero-order valence-electron chi connectivity index (χ0n) is 9.43. The summed E-state index contributed by atoms with van der Waals surface area (Å²) in [5.74, 6) is 0.417. The molecule has 88 valence electrons. The van der Waals surface area contributed by atoms with E-state index in [4.69, 9.17) is 5.41 Å². The molecule has 0 spiro atoms. The first-order valence-electron chi connectivity index (χ1n) is 4.91. The Morgan fingerprint density at radius 2 is 2.20 bits per heavy atom. The van der Waals surface area contributed by atoms with Gasteiger partial charge < -0.3 is 10.2 Å². The molecule has 3 N–H and O–H groups in total. The smallest absolute Gasteiger partial charge is 0.219 e. The van der Waals surface area contributed by atoms with Gasteiger partial charge in [0.1, 0.15) is 0 Å². The van der Waals surface area contributed by atoms with Crippen LogP contribution in [-0.4, -0.2) is 36.4 Å². The fourth-order valence-corrected chi connectivity index (χ4v) is 1.34. The molecule has 0 unspecified atom stereocenters. The van der Waals surface area contributed by atoms with Crippen LogP contribution in [-0.2, 0) is 4.79 Å². The molecule has 1 amide bonds. The lowest BCUT2D eigenvalue weighted by atomic mass is 10.1. The summed E-state index contributed by atoms with van der Waals surface area (Å²) in [7, 11) is 1.81. The van der Waals surface area contributed by atoms with E-state index in [9.17, 15) is 4.79 Å². The van der Waals surface area contributed by atoms with Crippen molar-refractivity contribution in [2.24, 2.45) is 0 Å².